The first kappa shape index (κ1) is 29.5. The molecule has 4 rings (SSSR count). The third kappa shape index (κ3) is 6.32. The van der Waals surface area contributed by atoms with Crippen LogP contribution in [0.15, 0.2) is 75.3 Å². The minimum Gasteiger partial charge on any atom is -0.531 e. The van der Waals surface area contributed by atoms with E-state index in [4.69, 9.17) is 14.2 Å². The Morgan fingerprint density at radius 3 is 2.08 bits per heavy atom. The second kappa shape index (κ2) is 13.1. The van der Waals surface area contributed by atoms with E-state index in [9.17, 15) is 18.4 Å². The molecule has 0 radical (unpaired) electrons. The number of nitrogens with zero attached hydrogens (tertiary/aromatic N) is 1. The number of hydrogen-bond donors (Lipinski definition) is 0. The predicted octanol–water partition coefficient (Wildman–Crippen LogP) is 5.36. The SMILES string of the molecule is COC(=C([C-]=O)Sc1ccc(F)cc1)c1[c-]c2cc(OC)c(OC)cc2n(Cc2ccc(F)cc2)c1=O.[U+2]. The van der Waals surface area contributed by atoms with E-state index < -0.39 is 17.2 Å². The van der Waals surface area contributed by atoms with Crippen LogP contribution in [0, 0.1) is 48.8 Å². The van der Waals surface area contributed by atoms with Crippen LogP contribution in [-0.4, -0.2) is 32.2 Å². The second-order valence-electron chi connectivity index (χ2n) is 7.76. The molecule has 0 spiro atoms. The predicted molar refractivity (Wildman–Crippen MR) is 138 cm³/mol. The summed E-state index contributed by atoms with van der Waals surface area (Å²) >= 11 is 0.974. The number of ether oxygens (including phenoxy) is 3. The fraction of sp³-hybridized carbons (Fsp3) is 0.143. The van der Waals surface area contributed by atoms with Gasteiger partial charge in [0.25, 0.3) is 0 Å². The van der Waals surface area contributed by atoms with Gasteiger partial charge in [-0.15, -0.1) is 17.8 Å². The van der Waals surface area contributed by atoms with Crippen molar-refractivity contribution in [2.45, 2.75) is 11.4 Å². The standard InChI is InChI=1S/C28H21F2NO5S.U/c1-34-24-13-18-12-22(27(36-3)26(16-32)37-21-10-8-20(30)9-11-21)28(33)31(23(18)14-25(24)35-2)15-17-4-6-19(29)7-5-17;/h4-11,13-14H,15H2,1-3H3;/q-2;+2. The van der Waals surface area contributed by atoms with Gasteiger partial charge in [0.05, 0.1) is 27.1 Å². The van der Waals surface area contributed by atoms with Crippen LogP contribution in [0.4, 0.5) is 8.78 Å². The van der Waals surface area contributed by atoms with Gasteiger partial charge < -0.3 is 28.4 Å². The van der Waals surface area contributed by atoms with Crippen LogP contribution in [0.1, 0.15) is 11.1 Å². The molecule has 1 heterocycles. The molecule has 6 nitrogen and oxygen atoms in total. The molecule has 0 amide bonds. The third-order valence-electron chi connectivity index (χ3n) is 5.53. The molecular weight excluding hydrogens is 738 g/mol. The third-order valence-corrected chi connectivity index (χ3v) is 6.51. The molecule has 192 valence electrons. The molecule has 10 heteroatoms. The van der Waals surface area contributed by atoms with Crippen LogP contribution in [0.5, 0.6) is 11.5 Å². The van der Waals surface area contributed by atoms with Gasteiger partial charge in [-0.25, -0.2) is 8.78 Å². The molecule has 3 aromatic carbocycles. The van der Waals surface area contributed by atoms with Crippen molar-refractivity contribution in [3.8, 4) is 11.5 Å². The summed E-state index contributed by atoms with van der Waals surface area (Å²) in [5.74, 6) is -0.0515. The summed E-state index contributed by atoms with van der Waals surface area (Å²) < 4.78 is 44.6. The largest absolute Gasteiger partial charge is 2.00 e. The molecule has 0 atom stereocenters. The van der Waals surface area contributed by atoms with Crippen LogP contribution >= 0.6 is 11.8 Å². The molecule has 0 aliphatic rings. The smallest absolute Gasteiger partial charge is 0.531 e. The fourth-order valence-corrected chi connectivity index (χ4v) is 4.58. The molecule has 38 heavy (non-hydrogen) atoms. The summed E-state index contributed by atoms with van der Waals surface area (Å²) in [6.07, 6.45) is 1.83. The van der Waals surface area contributed by atoms with Crippen LogP contribution in [0.2, 0.25) is 0 Å². The number of methoxy groups -OCH3 is 3. The van der Waals surface area contributed by atoms with Gasteiger partial charge in [-0.2, -0.15) is 0 Å². The quantitative estimate of drug-likeness (QED) is 0.0992. The van der Waals surface area contributed by atoms with E-state index in [1.165, 1.54) is 62.3 Å². The van der Waals surface area contributed by atoms with Gasteiger partial charge in [0.15, 0.2) is 5.56 Å². The number of allylic oxidation sites excluding steroid dienone is 1. The summed E-state index contributed by atoms with van der Waals surface area (Å²) in [5, 5.41) is 0.487. The minimum absolute atomic E-state index is 0. The van der Waals surface area contributed by atoms with Crippen molar-refractivity contribution in [3.63, 3.8) is 0 Å². The Hall–Kier alpha value is -3.06. The van der Waals surface area contributed by atoms with Gasteiger partial charge in [0.1, 0.15) is 23.1 Å². The molecule has 4 aromatic rings. The second-order valence-corrected chi connectivity index (χ2v) is 8.85. The van der Waals surface area contributed by atoms with Gasteiger partial charge in [-0.1, -0.05) is 23.6 Å². The van der Waals surface area contributed by atoms with E-state index in [-0.39, 0.29) is 53.9 Å². The van der Waals surface area contributed by atoms with Crippen LogP contribution in [-0.2, 0) is 16.1 Å². The molecular formula is C28H21F2NO5SU. The van der Waals surface area contributed by atoms with Crippen molar-refractivity contribution < 1.29 is 58.9 Å². The van der Waals surface area contributed by atoms with E-state index in [1.807, 2.05) is 6.29 Å². The molecule has 0 aliphatic heterocycles. The first-order valence-corrected chi connectivity index (χ1v) is 11.8. The topological polar surface area (TPSA) is 66.8 Å². The average molecular weight is 760 g/mol. The van der Waals surface area contributed by atoms with Gasteiger partial charge in [0.2, 0.25) is 0 Å². The zero-order valence-corrected chi connectivity index (χ0v) is 25.6. The Labute approximate surface area is 246 Å². The van der Waals surface area contributed by atoms with Crippen molar-refractivity contribution >= 4 is 34.7 Å². The van der Waals surface area contributed by atoms with E-state index in [0.717, 1.165) is 11.8 Å². The van der Waals surface area contributed by atoms with E-state index in [0.29, 0.717) is 32.9 Å². The van der Waals surface area contributed by atoms with Gasteiger partial charge in [-0.05, 0) is 64.0 Å². The van der Waals surface area contributed by atoms with Gasteiger partial charge in [-0.3, -0.25) is 0 Å². The van der Waals surface area contributed by atoms with E-state index in [2.05, 4.69) is 6.07 Å². The van der Waals surface area contributed by atoms with E-state index in [1.54, 1.807) is 24.3 Å². The van der Waals surface area contributed by atoms with Crippen molar-refractivity contribution in [2.24, 2.45) is 0 Å². The molecule has 0 fully saturated rings. The molecule has 0 aliphatic carbocycles. The summed E-state index contributed by atoms with van der Waals surface area (Å²) in [7, 11) is 4.29. The molecule has 1 aromatic heterocycles. The molecule has 0 unspecified atom stereocenters. The first-order chi connectivity index (χ1) is 17.9. The number of halogens is 2. The maximum atomic E-state index is 13.8. The van der Waals surface area contributed by atoms with Crippen LogP contribution in [0.25, 0.3) is 16.7 Å². The number of pyridine rings is 1. The Bertz CT molecular complexity index is 1540. The minimum atomic E-state index is -0.506. The Morgan fingerprint density at radius 1 is 0.947 bits per heavy atom. The number of benzene rings is 3. The van der Waals surface area contributed by atoms with Crippen LogP contribution in [0.3, 0.4) is 0 Å². The molecule has 0 saturated carbocycles. The maximum Gasteiger partial charge on any atom is 2.00 e. The van der Waals surface area contributed by atoms with Crippen molar-refractivity contribution in [3.05, 3.63) is 105 Å². The number of thioether (sulfide) groups is 1. The number of aromatic nitrogens is 1. The maximum absolute atomic E-state index is 13.8. The van der Waals surface area contributed by atoms with Crippen molar-refractivity contribution in [1.29, 1.82) is 0 Å². The van der Waals surface area contributed by atoms with Crippen LogP contribution < -0.4 is 15.0 Å². The Morgan fingerprint density at radius 2 is 1.53 bits per heavy atom. The Kier molecular flexibility index (Phi) is 10.2. The summed E-state index contributed by atoms with van der Waals surface area (Å²) in [4.78, 5) is 26.3. The fourth-order valence-electron chi connectivity index (χ4n) is 3.75. The van der Waals surface area contributed by atoms with E-state index >= 15 is 0 Å². The Balaban J connectivity index is 0.00000400. The molecule has 0 bridgehead atoms. The van der Waals surface area contributed by atoms with Crippen molar-refractivity contribution in [2.75, 3.05) is 21.3 Å². The van der Waals surface area contributed by atoms with Crippen molar-refractivity contribution in [1.82, 2.24) is 4.57 Å². The van der Waals surface area contributed by atoms with Gasteiger partial charge in [0, 0.05) is 17.7 Å². The summed E-state index contributed by atoms with van der Waals surface area (Å²) in [5.41, 5.74) is 0.627. The molecule has 0 N–H and O–H groups in total. The summed E-state index contributed by atoms with van der Waals surface area (Å²) in [6.45, 7) is 0.0923. The monoisotopic (exact) mass is 759 g/mol. The number of carbonyl (C=O) groups excluding carboxylic acids is 1. The van der Waals surface area contributed by atoms with Gasteiger partial charge >= 0.3 is 31.1 Å². The normalized spacial score (nSPS) is 11.4. The number of hydrogen-bond acceptors (Lipinski definition) is 6. The zero-order chi connectivity index (χ0) is 26.5. The number of fused-ring (bicyclic) bond motifs is 1. The zero-order valence-electron chi connectivity index (χ0n) is 20.6. The molecule has 0 saturated heterocycles. The average Bonchev–Trinajstić information content (AvgIpc) is 2.92. The first-order valence-electron chi connectivity index (χ1n) is 10.9. The summed E-state index contributed by atoms with van der Waals surface area (Å²) in [6, 6.07) is 17.6. The number of rotatable bonds is 9.